The van der Waals surface area contributed by atoms with Crippen LogP contribution in [0.25, 0.3) is 0 Å². The third-order valence-corrected chi connectivity index (χ3v) is 3.55. The lowest BCUT2D eigenvalue weighted by molar-refractivity contribution is -0.124. The van der Waals surface area contributed by atoms with E-state index in [0.29, 0.717) is 10.7 Å². The molecule has 1 atom stereocenters. The largest absolute Gasteiger partial charge is 0.378 e. The summed E-state index contributed by atoms with van der Waals surface area (Å²) in [6.07, 6.45) is 1.45. The molecule has 0 aliphatic rings. The number of nitrogens with zero attached hydrogens (tertiary/aromatic N) is 1. The maximum Gasteiger partial charge on any atom is 0.259 e. The number of hydrogen-bond donors (Lipinski definition) is 2. The lowest BCUT2D eigenvalue weighted by atomic mass is 10.1. The second-order valence-corrected chi connectivity index (χ2v) is 4.90. The van der Waals surface area contributed by atoms with Crippen LogP contribution in [0.3, 0.4) is 0 Å². The van der Waals surface area contributed by atoms with Crippen molar-refractivity contribution in [2.45, 2.75) is 19.4 Å². The van der Waals surface area contributed by atoms with E-state index in [2.05, 4.69) is 10.3 Å². The molecule has 2 rings (SSSR count). The molecule has 0 bridgehead atoms. The molecule has 0 fully saturated rings. The topological polar surface area (TPSA) is 62.2 Å². The van der Waals surface area contributed by atoms with Crippen LogP contribution in [0.4, 0.5) is 5.13 Å². The van der Waals surface area contributed by atoms with E-state index in [-0.39, 0.29) is 0 Å². The minimum atomic E-state index is -1.17. The Morgan fingerprint density at radius 2 is 2.17 bits per heavy atom. The summed E-state index contributed by atoms with van der Waals surface area (Å²) in [4.78, 5) is 17.0. The van der Waals surface area contributed by atoms with Gasteiger partial charge in [-0.3, -0.25) is 10.1 Å². The van der Waals surface area contributed by atoms with Crippen LogP contribution in [0.1, 0.15) is 23.5 Å². The zero-order chi connectivity index (χ0) is 13.0. The van der Waals surface area contributed by atoms with Crippen LogP contribution in [-0.2, 0) is 11.2 Å². The van der Waals surface area contributed by atoms with Gasteiger partial charge in [-0.1, -0.05) is 37.3 Å². The van der Waals surface area contributed by atoms with Crippen molar-refractivity contribution in [1.82, 2.24) is 4.98 Å². The number of carbonyl (C=O) groups excluding carboxylic acids is 1. The van der Waals surface area contributed by atoms with Crippen LogP contribution >= 0.6 is 11.3 Å². The van der Waals surface area contributed by atoms with Crippen LogP contribution in [0, 0.1) is 0 Å². The highest BCUT2D eigenvalue weighted by Gasteiger charge is 2.18. The van der Waals surface area contributed by atoms with Crippen LogP contribution in [0.15, 0.2) is 36.5 Å². The van der Waals surface area contributed by atoms with Gasteiger partial charge < -0.3 is 5.11 Å². The smallest absolute Gasteiger partial charge is 0.259 e. The molecule has 94 valence electrons. The number of carbonyl (C=O) groups is 1. The molecule has 0 aliphatic heterocycles. The van der Waals surface area contributed by atoms with Gasteiger partial charge in [0.2, 0.25) is 0 Å². The number of aryl methyl sites for hydroxylation is 1. The fourth-order valence-corrected chi connectivity index (χ4v) is 2.24. The standard InChI is InChI=1S/C13H14N2O2S/c1-2-10-8-14-13(18-10)15-12(17)11(16)9-6-4-3-5-7-9/h3-8,11,16H,2H2,1H3,(H,14,15,17). The molecule has 0 radical (unpaired) electrons. The Kier molecular flexibility index (Phi) is 4.07. The second kappa shape index (κ2) is 5.75. The number of thiazole rings is 1. The van der Waals surface area contributed by atoms with Crippen molar-refractivity contribution in [3.05, 3.63) is 47.0 Å². The number of aliphatic hydroxyl groups excluding tert-OH is 1. The molecular weight excluding hydrogens is 248 g/mol. The molecule has 0 aliphatic carbocycles. The first-order chi connectivity index (χ1) is 8.70. The molecule has 2 N–H and O–H groups in total. The third kappa shape index (κ3) is 2.94. The van der Waals surface area contributed by atoms with Crippen molar-refractivity contribution in [3.63, 3.8) is 0 Å². The van der Waals surface area contributed by atoms with E-state index in [1.165, 1.54) is 11.3 Å². The molecule has 1 unspecified atom stereocenters. The SMILES string of the molecule is CCc1cnc(NC(=O)C(O)c2ccccc2)s1. The second-order valence-electron chi connectivity index (χ2n) is 3.79. The zero-order valence-corrected chi connectivity index (χ0v) is 10.8. The number of nitrogens with one attached hydrogen (secondary N) is 1. The number of aliphatic hydroxyl groups is 1. The molecule has 1 aromatic carbocycles. The maximum atomic E-state index is 11.8. The first-order valence-corrected chi connectivity index (χ1v) is 6.51. The summed E-state index contributed by atoms with van der Waals surface area (Å²) in [5, 5.41) is 13.0. The number of hydrogen-bond acceptors (Lipinski definition) is 4. The van der Waals surface area contributed by atoms with E-state index >= 15 is 0 Å². The normalized spacial score (nSPS) is 12.1. The van der Waals surface area contributed by atoms with Gasteiger partial charge in [0.1, 0.15) is 0 Å². The van der Waals surface area contributed by atoms with Crippen LogP contribution < -0.4 is 5.32 Å². The molecule has 0 saturated heterocycles. The summed E-state index contributed by atoms with van der Waals surface area (Å²) in [5.74, 6) is -0.460. The Morgan fingerprint density at radius 3 is 2.78 bits per heavy atom. The lowest BCUT2D eigenvalue weighted by Gasteiger charge is -2.09. The molecule has 0 saturated carbocycles. The minimum Gasteiger partial charge on any atom is -0.378 e. The fraction of sp³-hybridized carbons (Fsp3) is 0.231. The van der Waals surface area contributed by atoms with Crippen LogP contribution in [-0.4, -0.2) is 16.0 Å². The predicted octanol–water partition coefficient (Wildman–Crippen LogP) is 2.38. The van der Waals surface area contributed by atoms with Gasteiger partial charge in [-0.05, 0) is 12.0 Å². The first-order valence-electron chi connectivity index (χ1n) is 5.69. The van der Waals surface area contributed by atoms with Gasteiger partial charge in [0, 0.05) is 11.1 Å². The Morgan fingerprint density at radius 1 is 1.44 bits per heavy atom. The highest BCUT2D eigenvalue weighted by molar-refractivity contribution is 7.15. The fourth-order valence-electron chi connectivity index (χ4n) is 1.49. The Balaban J connectivity index is 2.04. The molecule has 1 aromatic heterocycles. The zero-order valence-electron chi connectivity index (χ0n) is 9.96. The van der Waals surface area contributed by atoms with Gasteiger partial charge in [0.15, 0.2) is 11.2 Å². The van der Waals surface area contributed by atoms with E-state index in [1.807, 2.05) is 13.0 Å². The quantitative estimate of drug-likeness (QED) is 0.889. The Labute approximate surface area is 109 Å². The number of aromatic nitrogens is 1. The van der Waals surface area contributed by atoms with Crippen LogP contribution in [0.2, 0.25) is 0 Å². The van der Waals surface area contributed by atoms with Crippen molar-refractivity contribution in [2.75, 3.05) is 5.32 Å². The molecule has 5 heteroatoms. The van der Waals surface area contributed by atoms with Gasteiger partial charge in [-0.2, -0.15) is 0 Å². The molecule has 2 aromatic rings. The molecule has 18 heavy (non-hydrogen) atoms. The average molecular weight is 262 g/mol. The summed E-state index contributed by atoms with van der Waals surface area (Å²) < 4.78 is 0. The highest BCUT2D eigenvalue weighted by atomic mass is 32.1. The summed E-state index contributed by atoms with van der Waals surface area (Å²) in [5.41, 5.74) is 0.572. The van der Waals surface area contributed by atoms with Crippen molar-refractivity contribution >= 4 is 22.4 Å². The summed E-state index contributed by atoms with van der Waals surface area (Å²) >= 11 is 1.42. The van der Waals surface area contributed by atoms with Crippen molar-refractivity contribution < 1.29 is 9.90 Å². The maximum absolute atomic E-state index is 11.8. The van der Waals surface area contributed by atoms with Gasteiger partial charge in [-0.25, -0.2) is 4.98 Å². The Hall–Kier alpha value is -1.72. The van der Waals surface area contributed by atoms with E-state index in [1.54, 1.807) is 30.5 Å². The molecule has 1 amide bonds. The van der Waals surface area contributed by atoms with Crippen molar-refractivity contribution in [2.24, 2.45) is 0 Å². The van der Waals surface area contributed by atoms with Gasteiger partial charge in [-0.15, -0.1) is 11.3 Å². The number of anilines is 1. The number of rotatable bonds is 4. The summed E-state index contributed by atoms with van der Waals surface area (Å²) in [6.45, 7) is 2.03. The van der Waals surface area contributed by atoms with E-state index < -0.39 is 12.0 Å². The lowest BCUT2D eigenvalue weighted by Crippen LogP contribution is -2.20. The molecule has 4 nitrogen and oxygen atoms in total. The van der Waals surface area contributed by atoms with E-state index in [4.69, 9.17) is 0 Å². The minimum absolute atomic E-state index is 0.460. The van der Waals surface area contributed by atoms with Crippen molar-refractivity contribution in [1.29, 1.82) is 0 Å². The highest BCUT2D eigenvalue weighted by Crippen LogP contribution is 2.20. The van der Waals surface area contributed by atoms with Crippen LogP contribution in [0.5, 0.6) is 0 Å². The molecule has 1 heterocycles. The average Bonchev–Trinajstić information content (AvgIpc) is 2.86. The third-order valence-electron chi connectivity index (χ3n) is 2.50. The monoisotopic (exact) mass is 262 g/mol. The van der Waals surface area contributed by atoms with Gasteiger partial charge >= 0.3 is 0 Å². The number of benzene rings is 1. The van der Waals surface area contributed by atoms with Crippen molar-refractivity contribution in [3.8, 4) is 0 Å². The van der Waals surface area contributed by atoms with E-state index in [9.17, 15) is 9.90 Å². The number of amides is 1. The summed E-state index contributed by atoms with van der Waals surface area (Å²) in [7, 11) is 0. The summed E-state index contributed by atoms with van der Waals surface area (Å²) in [6, 6.07) is 8.82. The molecule has 0 spiro atoms. The van der Waals surface area contributed by atoms with E-state index in [0.717, 1.165) is 11.3 Å². The predicted molar refractivity (Wildman–Crippen MR) is 71.5 cm³/mol. The molecular formula is C13H14N2O2S. The van der Waals surface area contributed by atoms with Gasteiger partial charge in [0.25, 0.3) is 5.91 Å². The first kappa shape index (κ1) is 12.7. The van der Waals surface area contributed by atoms with Gasteiger partial charge in [0.05, 0.1) is 0 Å². The Bertz CT molecular complexity index is 525.